The van der Waals surface area contributed by atoms with Gasteiger partial charge in [-0.1, -0.05) is 0 Å². The maximum atomic E-state index is 12.3. The van der Waals surface area contributed by atoms with E-state index in [1.165, 1.54) is 0 Å². The number of nitrogens with zero attached hydrogens (tertiary/aromatic N) is 1. The Hall–Kier alpha value is -1.55. The second-order valence-electron chi connectivity index (χ2n) is 4.95. The molecule has 1 heterocycles. The highest BCUT2D eigenvalue weighted by molar-refractivity contribution is 5.94. The van der Waals surface area contributed by atoms with Crippen LogP contribution in [0.4, 0.5) is 0 Å². The topological polar surface area (TPSA) is 49.8 Å². The van der Waals surface area contributed by atoms with Gasteiger partial charge in [-0.05, 0) is 50.5 Å². The molecule has 1 fully saturated rings. The Bertz CT molecular complexity index is 451. The molecule has 1 aromatic rings. The second-order valence-corrected chi connectivity index (χ2v) is 4.95. The number of phenols is 1. The highest BCUT2D eigenvalue weighted by Gasteiger charge is 2.23. The van der Waals surface area contributed by atoms with Crippen LogP contribution < -0.4 is 0 Å². The van der Waals surface area contributed by atoms with E-state index in [-0.39, 0.29) is 17.8 Å². The molecule has 1 saturated heterocycles. The molecule has 1 aliphatic heterocycles. The standard InChI is InChI=1S/C15H21NO3/c1-3-19-13-6-8-16(9-7-13)15(18)12-4-5-14(17)11(2)10-12/h4-5,10,13,17H,3,6-9H2,1-2H3. The zero-order chi connectivity index (χ0) is 13.8. The van der Waals surface area contributed by atoms with Crippen molar-refractivity contribution in [2.45, 2.75) is 32.8 Å². The van der Waals surface area contributed by atoms with Crippen molar-refractivity contribution in [3.63, 3.8) is 0 Å². The van der Waals surface area contributed by atoms with Gasteiger partial charge in [0, 0.05) is 25.3 Å². The number of hydrogen-bond donors (Lipinski definition) is 1. The van der Waals surface area contributed by atoms with Gasteiger partial charge < -0.3 is 14.7 Å². The lowest BCUT2D eigenvalue weighted by atomic mass is 10.0. The highest BCUT2D eigenvalue weighted by atomic mass is 16.5. The van der Waals surface area contributed by atoms with Gasteiger partial charge in [0.15, 0.2) is 0 Å². The third-order valence-electron chi connectivity index (χ3n) is 3.58. The normalized spacial score (nSPS) is 16.6. The molecular formula is C15H21NO3. The summed E-state index contributed by atoms with van der Waals surface area (Å²) in [6.45, 7) is 6.01. The summed E-state index contributed by atoms with van der Waals surface area (Å²) in [7, 11) is 0. The van der Waals surface area contributed by atoms with Crippen molar-refractivity contribution in [2.75, 3.05) is 19.7 Å². The predicted octanol–water partition coefficient (Wildman–Crippen LogP) is 2.34. The van der Waals surface area contributed by atoms with Gasteiger partial charge in [0.05, 0.1) is 6.10 Å². The number of rotatable bonds is 3. The molecule has 4 nitrogen and oxygen atoms in total. The highest BCUT2D eigenvalue weighted by Crippen LogP contribution is 2.20. The summed E-state index contributed by atoms with van der Waals surface area (Å²) >= 11 is 0. The summed E-state index contributed by atoms with van der Waals surface area (Å²) in [5.74, 6) is 0.268. The first kappa shape index (κ1) is 13.9. The molecule has 0 saturated carbocycles. The molecule has 19 heavy (non-hydrogen) atoms. The first-order valence-electron chi connectivity index (χ1n) is 6.82. The molecule has 0 aliphatic carbocycles. The van der Waals surface area contributed by atoms with Crippen LogP contribution in [-0.4, -0.2) is 41.7 Å². The van der Waals surface area contributed by atoms with Crippen molar-refractivity contribution < 1.29 is 14.6 Å². The van der Waals surface area contributed by atoms with E-state index in [0.717, 1.165) is 38.1 Å². The van der Waals surface area contributed by atoms with E-state index in [1.54, 1.807) is 25.1 Å². The number of benzene rings is 1. The van der Waals surface area contributed by atoms with Gasteiger partial charge in [-0.15, -0.1) is 0 Å². The molecule has 0 atom stereocenters. The first-order chi connectivity index (χ1) is 9.11. The van der Waals surface area contributed by atoms with Crippen molar-refractivity contribution >= 4 is 5.91 Å². The summed E-state index contributed by atoms with van der Waals surface area (Å²) in [6.07, 6.45) is 2.09. The van der Waals surface area contributed by atoms with Gasteiger partial charge in [-0.25, -0.2) is 0 Å². The monoisotopic (exact) mass is 263 g/mol. The molecule has 0 aromatic heterocycles. The number of amides is 1. The number of carbonyl (C=O) groups excluding carboxylic acids is 1. The second kappa shape index (κ2) is 6.06. The summed E-state index contributed by atoms with van der Waals surface area (Å²) < 4.78 is 5.58. The Labute approximate surface area is 114 Å². The maximum Gasteiger partial charge on any atom is 0.253 e. The first-order valence-corrected chi connectivity index (χ1v) is 6.82. The van der Waals surface area contributed by atoms with Gasteiger partial charge in [-0.2, -0.15) is 0 Å². The van der Waals surface area contributed by atoms with E-state index in [4.69, 9.17) is 4.74 Å². The number of likely N-dealkylation sites (tertiary alicyclic amines) is 1. The average molecular weight is 263 g/mol. The van der Waals surface area contributed by atoms with E-state index < -0.39 is 0 Å². The van der Waals surface area contributed by atoms with E-state index >= 15 is 0 Å². The number of aromatic hydroxyl groups is 1. The minimum atomic E-state index is 0.0399. The quantitative estimate of drug-likeness (QED) is 0.910. The van der Waals surface area contributed by atoms with Crippen molar-refractivity contribution in [2.24, 2.45) is 0 Å². The summed E-state index contributed by atoms with van der Waals surface area (Å²) in [5.41, 5.74) is 1.38. The molecule has 0 radical (unpaired) electrons. The molecule has 104 valence electrons. The summed E-state index contributed by atoms with van der Waals surface area (Å²) in [5, 5.41) is 9.49. The van der Waals surface area contributed by atoms with Gasteiger partial charge in [-0.3, -0.25) is 4.79 Å². The third-order valence-corrected chi connectivity index (χ3v) is 3.58. The van der Waals surface area contributed by atoms with E-state index in [1.807, 2.05) is 11.8 Å². The van der Waals surface area contributed by atoms with E-state index in [9.17, 15) is 9.90 Å². The van der Waals surface area contributed by atoms with E-state index in [2.05, 4.69) is 0 Å². The number of ether oxygens (including phenoxy) is 1. The molecule has 0 spiro atoms. The number of aryl methyl sites for hydroxylation is 1. The Morgan fingerprint density at radius 1 is 1.42 bits per heavy atom. The van der Waals surface area contributed by atoms with Crippen molar-refractivity contribution in [3.8, 4) is 5.75 Å². The number of piperidine rings is 1. The van der Waals surface area contributed by atoms with Crippen LogP contribution in [0.5, 0.6) is 5.75 Å². The molecule has 1 aromatic carbocycles. The number of phenolic OH excluding ortho intramolecular Hbond substituents is 1. The Kier molecular flexibility index (Phi) is 4.43. The lowest BCUT2D eigenvalue weighted by Gasteiger charge is -2.31. The molecule has 1 amide bonds. The van der Waals surface area contributed by atoms with E-state index in [0.29, 0.717) is 5.56 Å². The molecule has 0 bridgehead atoms. The van der Waals surface area contributed by atoms with Crippen molar-refractivity contribution in [3.05, 3.63) is 29.3 Å². The van der Waals surface area contributed by atoms with Crippen molar-refractivity contribution in [1.29, 1.82) is 0 Å². The van der Waals surface area contributed by atoms with Crippen LogP contribution in [0.1, 0.15) is 35.7 Å². The zero-order valence-electron chi connectivity index (χ0n) is 11.6. The fraction of sp³-hybridized carbons (Fsp3) is 0.533. The summed E-state index contributed by atoms with van der Waals surface area (Å²) in [4.78, 5) is 14.2. The molecule has 4 heteroatoms. The van der Waals surface area contributed by atoms with Crippen LogP contribution in [0.2, 0.25) is 0 Å². The Morgan fingerprint density at radius 2 is 2.11 bits per heavy atom. The molecule has 1 N–H and O–H groups in total. The minimum absolute atomic E-state index is 0.0399. The fourth-order valence-electron chi connectivity index (χ4n) is 2.43. The van der Waals surface area contributed by atoms with Gasteiger partial charge in [0.25, 0.3) is 5.91 Å². The van der Waals surface area contributed by atoms with Crippen molar-refractivity contribution in [1.82, 2.24) is 4.90 Å². The minimum Gasteiger partial charge on any atom is -0.508 e. The smallest absolute Gasteiger partial charge is 0.253 e. The largest absolute Gasteiger partial charge is 0.508 e. The van der Waals surface area contributed by atoms with Crippen LogP contribution in [0.15, 0.2) is 18.2 Å². The SMILES string of the molecule is CCOC1CCN(C(=O)c2ccc(O)c(C)c2)CC1. The lowest BCUT2D eigenvalue weighted by Crippen LogP contribution is -2.40. The predicted molar refractivity (Wildman–Crippen MR) is 73.4 cm³/mol. The van der Waals surface area contributed by atoms with Crippen LogP contribution >= 0.6 is 0 Å². The van der Waals surface area contributed by atoms with Crippen LogP contribution in [0.25, 0.3) is 0 Å². The van der Waals surface area contributed by atoms with Gasteiger partial charge in [0.1, 0.15) is 5.75 Å². The number of carbonyl (C=O) groups is 1. The molecular weight excluding hydrogens is 242 g/mol. The summed E-state index contributed by atoms with van der Waals surface area (Å²) in [6, 6.07) is 5.00. The Morgan fingerprint density at radius 3 is 2.68 bits per heavy atom. The molecule has 1 aliphatic rings. The van der Waals surface area contributed by atoms with Crippen LogP contribution in [0, 0.1) is 6.92 Å². The number of hydrogen-bond acceptors (Lipinski definition) is 3. The zero-order valence-corrected chi connectivity index (χ0v) is 11.6. The third kappa shape index (κ3) is 3.26. The average Bonchev–Trinajstić information content (AvgIpc) is 2.42. The molecule has 2 rings (SSSR count). The van der Waals surface area contributed by atoms with Gasteiger partial charge in [0.2, 0.25) is 0 Å². The maximum absolute atomic E-state index is 12.3. The lowest BCUT2D eigenvalue weighted by molar-refractivity contribution is 0.0146. The fourth-order valence-corrected chi connectivity index (χ4v) is 2.43. The van der Waals surface area contributed by atoms with Gasteiger partial charge >= 0.3 is 0 Å². The Balaban J connectivity index is 1.99. The van der Waals surface area contributed by atoms with Crippen LogP contribution in [-0.2, 0) is 4.74 Å². The molecule has 0 unspecified atom stereocenters. The van der Waals surface area contributed by atoms with Crippen LogP contribution in [0.3, 0.4) is 0 Å².